The molecule has 0 fully saturated rings. The van der Waals surface area contributed by atoms with Gasteiger partial charge in [-0.25, -0.2) is 0 Å². The quantitative estimate of drug-likeness (QED) is 0.634. The van der Waals surface area contributed by atoms with Gasteiger partial charge in [0, 0.05) is 34.0 Å². The van der Waals surface area contributed by atoms with Crippen molar-refractivity contribution >= 4 is 34.5 Å². The second-order valence-corrected chi connectivity index (χ2v) is 5.69. The molecule has 2 rings (SSSR count). The number of anilines is 1. The van der Waals surface area contributed by atoms with Gasteiger partial charge >= 0.3 is 0 Å². The fourth-order valence-electron chi connectivity index (χ4n) is 2.16. The number of carbonyl (C=O) groups is 1. The highest BCUT2D eigenvalue weighted by Crippen LogP contribution is 2.34. The first-order chi connectivity index (χ1) is 11.8. The third-order valence-corrected chi connectivity index (χ3v) is 3.91. The number of rotatable bonds is 5. The Bertz CT molecular complexity index is 903. The maximum Gasteiger partial charge on any atom is 0.270 e. The monoisotopic (exact) mass is 355 g/mol. The van der Waals surface area contributed by atoms with Crippen molar-refractivity contribution in [2.75, 3.05) is 5.32 Å². The standard InChI is InChI=1S/C18H14ClN3O3/c1-11(10-20)18(23)21-17-8-7-13(22(24)25)9-15(17)12(2)14-5-3-4-6-16(14)19/h3-9,11H,2H2,1H3,(H,21,23). The van der Waals surface area contributed by atoms with Crippen molar-refractivity contribution < 1.29 is 9.72 Å². The zero-order valence-corrected chi connectivity index (χ0v) is 14.1. The average molecular weight is 356 g/mol. The number of nitrogens with one attached hydrogen (secondary N) is 1. The predicted octanol–water partition coefficient (Wildman–Crippen LogP) is 4.41. The molecular weight excluding hydrogens is 342 g/mol. The minimum atomic E-state index is -0.864. The third kappa shape index (κ3) is 4.03. The van der Waals surface area contributed by atoms with Crippen LogP contribution in [0.25, 0.3) is 5.57 Å². The topological polar surface area (TPSA) is 96.0 Å². The molecule has 1 atom stereocenters. The second kappa shape index (κ2) is 7.60. The molecule has 0 aromatic heterocycles. The van der Waals surface area contributed by atoms with Gasteiger partial charge in [-0.3, -0.25) is 14.9 Å². The van der Waals surface area contributed by atoms with E-state index in [-0.39, 0.29) is 5.69 Å². The van der Waals surface area contributed by atoms with Gasteiger partial charge in [0.05, 0.1) is 11.0 Å². The Kier molecular flexibility index (Phi) is 5.52. The van der Waals surface area contributed by atoms with Crippen LogP contribution in [0.15, 0.2) is 49.0 Å². The fraction of sp³-hybridized carbons (Fsp3) is 0.111. The molecule has 6 nitrogen and oxygen atoms in total. The zero-order valence-electron chi connectivity index (χ0n) is 13.3. The van der Waals surface area contributed by atoms with Crippen LogP contribution in [0.1, 0.15) is 18.1 Å². The molecule has 0 aliphatic rings. The minimum absolute atomic E-state index is 0.144. The van der Waals surface area contributed by atoms with Crippen LogP contribution in [0.3, 0.4) is 0 Å². The molecule has 2 aromatic carbocycles. The van der Waals surface area contributed by atoms with Crippen molar-refractivity contribution in [3.63, 3.8) is 0 Å². The fourth-order valence-corrected chi connectivity index (χ4v) is 2.40. The Labute approximate surface area is 149 Å². The Morgan fingerprint density at radius 2 is 2.00 bits per heavy atom. The number of nitrogens with zero attached hydrogens (tertiary/aromatic N) is 2. The van der Waals surface area contributed by atoms with Crippen LogP contribution in [0.5, 0.6) is 0 Å². The lowest BCUT2D eigenvalue weighted by atomic mass is 9.97. The molecule has 0 heterocycles. The summed E-state index contributed by atoms with van der Waals surface area (Å²) >= 11 is 6.18. The zero-order chi connectivity index (χ0) is 18.6. The van der Waals surface area contributed by atoms with Gasteiger partial charge < -0.3 is 5.32 Å². The lowest BCUT2D eigenvalue weighted by molar-refractivity contribution is -0.384. The van der Waals surface area contributed by atoms with Crippen molar-refractivity contribution in [3.8, 4) is 6.07 Å². The normalized spacial score (nSPS) is 11.2. The highest BCUT2D eigenvalue weighted by molar-refractivity contribution is 6.32. The number of benzene rings is 2. The van der Waals surface area contributed by atoms with Crippen LogP contribution in [0.2, 0.25) is 5.02 Å². The molecule has 1 N–H and O–H groups in total. The summed E-state index contributed by atoms with van der Waals surface area (Å²) in [6, 6.07) is 12.8. The van der Waals surface area contributed by atoms with Crippen LogP contribution in [0, 0.1) is 27.4 Å². The summed E-state index contributed by atoms with van der Waals surface area (Å²) in [5.74, 6) is -1.37. The predicted molar refractivity (Wildman–Crippen MR) is 96.1 cm³/mol. The number of nitro groups is 1. The molecule has 0 aliphatic heterocycles. The number of hydrogen-bond donors (Lipinski definition) is 1. The number of hydrogen-bond acceptors (Lipinski definition) is 4. The van der Waals surface area contributed by atoms with E-state index in [4.69, 9.17) is 16.9 Å². The Balaban J connectivity index is 2.53. The number of amides is 1. The average Bonchev–Trinajstić information content (AvgIpc) is 2.60. The molecule has 7 heteroatoms. The van der Waals surface area contributed by atoms with E-state index in [0.29, 0.717) is 27.4 Å². The molecular formula is C18H14ClN3O3. The number of nitriles is 1. The molecule has 0 bridgehead atoms. The lowest BCUT2D eigenvalue weighted by Gasteiger charge is -2.15. The maximum atomic E-state index is 12.0. The molecule has 0 aliphatic carbocycles. The van der Waals surface area contributed by atoms with Crippen LogP contribution < -0.4 is 5.32 Å². The summed E-state index contributed by atoms with van der Waals surface area (Å²) in [7, 11) is 0. The van der Waals surface area contributed by atoms with Crippen molar-refractivity contribution in [1.29, 1.82) is 5.26 Å². The molecule has 0 saturated carbocycles. The lowest BCUT2D eigenvalue weighted by Crippen LogP contribution is -2.19. The van der Waals surface area contributed by atoms with Crippen LogP contribution in [-0.4, -0.2) is 10.8 Å². The molecule has 0 radical (unpaired) electrons. The number of carbonyl (C=O) groups excluding carboxylic acids is 1. The summed E-state index contributed by atoms with van der Waals surface area (Å²) in [5.41, 5.74) is 1.56. The summed E-state index contributed by atoms with van der Waals surface area (Å²) < 4.78 is 0. The summed E-state index contributed by atoms with van der Waals surface area (Å²) in [6.45, 7) is 5.43. The second-order valence-electron chi connectivity index (χ2n) is 5.29. The largest absolute Gasteiger partial charge is 0.324 e. The molecule has 126 valence electrons. The van der Waals surface area contributed by atoms with Gasteiger partial charge in [-0.2, -0.15) is 5.26 Å². The molecule has 0 saturated heterocycles. The van der Waals surface area contributed by atoms with E-state index in [1.807, 2.05) is 6.07 Å². The van der Waals surface area contributed by atoms with Gasteiger partial charge in [0.15, 0.2) is 0 Å². The van der Waals surface area contributed by atoms with E-state index >= 15 is 0 Å². The highest BCUT2D eigenvalue weighted by atomic mass is 35.5. The van der Waals surface area contributed by atoms with Gasteiger partial charge in [-0.15, -0.1) is 0 Å². The third-order valence-electron chi connectivity index (χ3n) is 3.58. The van der Waals surface area contributed by atoms with Gasteiger partial charge in [0.2, 0.25) is 5.91 Å². The van der Waals surface area contributed by atoms with Gasteiger partial charge in [-0.1, -0.05) is 36.4 Å². The van der Waals surface area contributed by atoms with Crippen molar-refractivity contribution in [3.05, 3.63) is 75.3 Å². The van der Waals surface area contributed by atoms with E-state index in [1.165, 1.54) is 25.1 Å². The first-order valence-corrected chi connectivity index (χ1v) is 7.66. The molecule has 25 heavy (non-hydrogen) atoms. The van der Waals surface area contributed by atoms with Gasteiger partial charge in [0.25, 0.3) is 5.69 Å². The molecule has 1 unspecified atom stereocenters. The molecule has 0 spiro atoms. The summed E-state index contributed by atoms with van der Waals surface area (Å²) in [6.07, 6.45) is 0. The minimum Gasteiger partial charge on any atom is -0.324 e. The van der Waals surface area contributed by atoms with E-state index in [1.54, 1.807) is 24.3 Å². The van der Waals surface area contributed by atoms with E-state index in [0.717, 1.165) is 0 Å². The Morgan fingerprint density at radius 3 is 2.60 bits per heavy atom. The smallest absolute Gasteiger partial charge is 0.270 e. The van der Waals surface area contributed by atoms with Crippen molar-refractivity contribution in [1.82, 2.24) is 0 Å². The Hall–Kier alpha value is -3.17. The maximum absolute atomic E-state index is 12.0. The summed E-state index contributed by atoms with van der Waals surface area (Å²) in [4.78, 5) is 22.6. The number of halogens is 1. The van der Waals surface area contributed by atoms with Gasteiger partial charge in [-0.05, 0) is 24.6 Å². The molecule has 1 amide bonds. The Morgan fingerprint density at radius 1 is 1.32 bits per heavy atom. The highest BCUT2D eigenvalue weighted by Gasteiger charge is 2.19. The van der Waals surface area contributed by atoms with Crippen LogP contribution in [0.4, 0.5) is 11.4 Å². The molecule has 2 aromatic rings. The van der Waals surface area contributed by atoms with E-state index in [9.17, 15) is 14.9 Å². The SMILES string of the molecule is C=C(c1ccccc1Cl)c1cc([N+](=O)[O-])ccc1NC(=O)C(C)C#N. The summed E-state index contributed by atoms with van der Waals surface area (Å²) in [5, 5.41) is 23.0. The first-order valence-electron chi connectivity index (χ1n) is 7.28. The van der Waals surface area contributed by atoms with Crippen molar-refractivity contribution in [2.45, 2.75) is 6.92 Å². The van der Waals surface area contributed by atoms with E-state index in [2.05, 4.69) is 11.9 Å². The van der Waals surface area contributed by atoms with Crippen LogP contribution >= 0.6 is 11.6 Å². The van der Waals surface area contributed by atoms with Crippen molar-refractivity contribution in [2.24, 2.45) is 5.92 Å². The van der Waals surface area contributed by atoms with E-state index < -0.39 is 16.7 Å². The first kappa shape index (κ1) is 18.2. The van der Waals surface area contributed by atoms with Crippen LogP contribution in [-0.2, 0) is 4.79 Å². The van der Waals surface area contributed by atoms with Gasteiger partial charge in [0.1, 0.15) is 5.92 Å². The number of non-ortho nitro benzene ring substituents is 1. The number of nitro benzene ring substituents is 1.